The SMILES string of the molecule is N#Cc1ccc(-n2cc(C(=O)Nc3ccc([C@H]4CNCCO4)cc3)cn2)c(F)c1.O=C(Nc1ccc([C@H]2CNCCO2)cc1)c1cnn(-c2cccc(OC(F)F)c2)c1. The maximum Gasteiger partial charge on any atom is 0.387 e. The van der Waals surface area contributed by atoms with Gasteiger partial charge < -0.3 is 35.5 Å². The summed E-state index contributed by atoms with van der Waals surface area (Å²) >= 11 is 0. The van der Waals surface area contributed by atoms with Crippen LogP contribution >= 0.6 is 0 Å². The predicted octanol–water partition coefficient (Wildman–Crippen LogP) is 6.18. The number of ether oxygens (including phenoxy) is 3. The number of benzene rings is 4. The zero-order valence-electron chi connectivity index (χ0n) is 31.4. The summed E-state index contributed by atoms with van der Waals surface area (Å²) in [5, 5.41) is 29.2. The number of carbonyl (C=O) groups excluding carboxylic acids is 2. The number of nitriles is 1. The van der Waals surface area contributed by atoms with Gasteiger partial charge in [0.2, 0.25) is 0 Å². The maximum atomic E-state index is 14.1. The molecule has 0 spiro atoms. The van der Waals surface area contributed by atoms with Gasteiger partial charge in [0.05, 0.1) is 66.3 Å². The van der Waals surface area contributed by atoms with E-state index in [1.807, 2.05) is 54.6 Å². The first-order valence-electron chi connectivity index (χ1n) is 18.5. The van der Waals surface area contributed by atoms with Crippen molar-refractivity contribution in [3.05, 3.63) is 149 Å². The molecule has 8 rings (SSSR count). The first kappa shape index (κ1) is 40.4. The summed E-state index contributed by atoms with van der Waals surface area (Å²) in [6, 6.07) is 27.0. The normalized spacial score (nSPS) is 16.3. The van der Waals surface area contributed by atoms with Crippen LogP contribution < -0.4 is 26.0 Å². The fraction of sp³-hybridized carbons (Fsp3) is 0.214. The second-order valence-corrected chi connectivity index (χ2v) is 13.3. The monoisotopic (exact) mass is 805 g/mol. The van der Waals surface area contributed by atoms with Gasteiger partial charge in [-0.1, -0.05) is 30.3 Å². The standard InChI is InChI=1S/C21H20F2N4O3.C21H18FN5O2/c22-21(23)30-18-3-1-2-17(10-18)27-13-15(11-25-27)20(28)26-16-6-4-14(5-7-16)19-12-24-8-9-29-19;22-18-9-14(10-23)1-6-19(18)27-13-16(11-25-27)21(28)26-17-4-2-15(3-5-17)20-12-24-7-8-29-20/h1-7,10-11,13,19,21,24H,8-9,12H2,(H,26,28);1-6,9,11,13,20,24H,7-8,12H2,(H,26,28)/t19-;20-/m11/s1. The Kier molecular flexibility index (Phi) is 13.0. The molecule has 2 aliphatic rings. The van der Waals surface area contributed by atoms with Gasteiger partial charge in [-0.05, 0) is 65.7 Å². The Morgan fingerprint density at radius 3 is 1.85 bits per heavy atom. The number of nitrogens with zero attached hydrogens (tertiary/aromatic N) is 5. The number of rotatable bonds is 10. The molecule has 302 valence electrons. The van der Waals surface area contributed by atoms with Crippen LogP contribution in [-0.4, -0.2) is 77.4 Å². The van der Waals surface area contributed by atoms with Crippen LogP contribution in [0.1, 0.15) is 49.6 Å². The first-order chi connectivity index (χ1) is 28.7. The molecule has 17 heteroatoms. The number of alkyl halides is 2. The van der Waals surface area contributed by atoms with Gasteiger partial charge in [0, 0.05) is 56.0 Å². The van der Waals surface area contributed by atoms with Crippen LogP contribution in [-0.2, 0) is 9.47 Å². The molecule has 6 aromatic rings. The molecule has 4 aromatic carbocycles. The maximum absolute atomic E-state index is 14.1. The zero-order valence-corrected chi connectivity index (χ0v) is 31.4. The van der Waals surface area contributed by atoms with E-state index in [1.165, 1.54) is 58.4 Å². The van der Waals surface area contributed by atoms with E-state index < -0.39 is 12.4 Å². The molecule has 2 amide bonds. The minimum absolute atomic E-state index is 0.00606. The Labute approximate surface area is 336 Å². The third-order valence-corrected chi connectivity index (χ3v) is 9.26. The van der Waals surface area contributed by atoms with Crippen molar-refractivity contribution < 1.29 is 37.0 Å². The Morgan fingerprint density at radius 1 is 0.780 bits per heavy atom. The lowest BCUT2D eigenvalue weighted by molar-refractivity contribution is -0.0498. The molecular formula is C42H38F3N9O5. The summed E-state index contributed by atoms with van der Waals surface area (Å²) in [6.07, 6.45) is 5.75. The minimum Gasteiger partial charge on any atom is -0.435 e. The molecule has 0 saturated carbocycles. The molecule has 0 aliphatic carbocycles. The topological polar surface area (TPSA) is 169 Å². The molecule has 0 radical (unpaired) electrons. The predicted molar refractivity (Wildman–Crippen MR) is 210 cm³/mol. The van der Waals surface area contributed by atoms with Gasteiger partial charge in [-0.3, -0.25) is 9.59 Å². The van der Waals surface area contributed by atoms with Crippen molar-refractivity contribution in [3.8, 4) is 23.2 Å². The molecule has 59 heavy (non-hydrogen) atoms. The van der Waals surface area contributed by atoms with Crippen LogP contribution in [0.4, 0.5) is 24.5 Å². The number of halogens is 3. The van der Waals surface area contributed by atoms with Crippen molar-refractivity contribution in [1.82, 2.24) is 30.2 Å². The number of anilines is 2. The van der Waals surface area contributed by atoms with Crippen LogP contribution in [0.2, 0.25) is 0 Å². The summed E-state index contributed by atoms with van der Waals surface area (Å²) in [5.41, 5.74) is 4.86. The lowest BCUT2D eigenvalue weighted by Gasteiger charge is -2.24. The Balaban J connectivity index is 0.000000179. The van der Waals surface area contributed by atoms with Gasteiger partial charge >= 0.3 is 6.61 Å². The highest BCUT2D eigenvalue weighted by Crippen LogP contribution is 2.24. The van der Waals surface area contributed by atoms with E-state index in [4.69, 9.17) is 14.7 Å². The van der Waals surface area contributed by atoms with Crippen LogP contribution in [0.15, 0.2) is 116 Å². The number of aromatic nitrogens is 4. The van der Waals surface area contributed by atoms with E-state index in [-0.39, 0.29) is 46.6 Å². The van der Waals surface area contributed by atoms with Crippen molar-refractivity contribution in [2.24, 2.45) is 0 Å². The van der Waals surface area contributed by atoms with Crippen LogP contribution in [0, 0.1) is 17.1 Å². The smallest absolute Gasteiger partial charge is 0.387 e. The second kappa shape index (κ2) is 19.1. The summed E-state index contributed by atoms with van der Waals surface area (Å²) in [4.78, 5) is 25.0. The molecule has 4 heterocycles. The molecule has 2 saturated heterocycles. The molecule has 14 nitrogen and oxygen atoms in total. The largest absolute Gasteiger partial charge is 0.435 e. The van der Waals surface area contributed by atoms with Crippen molar-refractivity contribution in [1.29, 1.82) is 5.26 Å². The molecular weight excluding hydrogens is 768 g/mol. The molecule has 0 unspecified atom stereocenters. The minimum atomic E-state index is -2.91. The second-order valence-electron chi connectivity index (χ2n) is 13.3. The van der Waals surface area contributed by atoms with E-state index >= 15 is 0 Å². The van der Waals surface area contributed by atoms with Crippen molar-refractivity contribution in [2.45, 2.75) is 18.8 Å². The van der Waals surface area contributed by atoms with E-state index in [0.717, 1.165) is 43.4 Å². The first-order valence-corrected chi connectivity index (χ1v) is 18.5. The Bertz CT molecular complexity index is 2400. The summed E-state index contributed by atoms with van der Waals surface area (Å²) in [5.74, 6) is -1.26. The van der Waals surface area contributed by atoms with E-state index in [0.29, 0.717) is 35.8 Å². The lowest BCUT2D eigenvalue weighted by atomic mass is 10.1. The molecule has 2 atom stereocenters. The Hall–Kier alpha value is -6.84. The van der Waals surface area contributed by atoms with Gasteiger partial charge in [0.1, 0.15) is 17.3 Å². The third-order valence-electron chi connectivity index (χ3n) is 9.26. The number of hydrogen-bond acceptors (Lipinski definition) is 10. The van der Waals surface area contributed by atoms with Crippen molar-refractivity contribution in [2.75, 3.05) is 50.0 Å². The molecule has 0 bridgehead atoms. The third kappa shape index (κ3) is 10.6. The zero-order chi connectivity index (χ0) is 41.1. The van der Waals surface area contributed by atoms with Gasteiger partial charge in [0.25, 0.3) is 11.8 Å². The van der Waals surface area contributed by atoms with Crippen molar-refractivity contribution >= 4 is 23.2 Å². The number of nitrogens with one attached hydrogen (secondary N) is 4. The number of carbonyl (C=O) groups is 2. The van der Waals surface area contributed by atoms with Gasteiger partial charge in [-0.2, -0.15) is 24.2 Å². The lowest BCUT2D eigenvalue weighted by Crippen LogP contribution is -2.33. The highest BCUT2D eigenvalue weighted by Gasteiger charge is 2.18. The van der Waals surface area contributed by atoms with Gasteiger partial charge in [-0.25, -0.2) is 13.8 Å². The van der Waals surface area contributed by atoms with Crippen LogP contribution in [0.25, 0.3) is 11.4 Å². The van der Waals surface area contributed by atoms with E-state index in [1.54, 1.807) is 12.1 Å². The van der Waals surface area contributed by atoms with E-state index in [2.05, 4.69) is 36.2 Å². The van der Waals surface area contributed by atoms with Gasteiger partial charge in [0.15, 0.2) is 0 Å². The number of amides is 2. The Morgan fingerprint density at radius 2 is 1.34 bits per heavy atom. The van der Waals surface area contributed by atoms with E-state index in [9.17, 15) is 22.8 Å². The van der Waals surface area contributed by atoms with Crippen LogP contribution in [0.5, 0.6) is 5.75 Å². The average Bonchev–Trinajstić information content (AvgIpc) is 3.97. The molecule has 2 aliphatic heterocycles. The summed E-state index contributed by atoms with van der Waals surface area (Å²) in [6.45, 7) is 1.65. The molecule has 4 N–H and O–H groups in total. The number of morpholine rings is 2. The summed E-state index contributed by atoms with van der Waals surface area (Å²) < 4.78 is 57.4. The molecule has 2 fully saturated rings. The fourth-order valence-electron chi connectivity index (χ4n) is 6.25. The fourth-order valence-corrected chi connectivity index (χ4v) is 6.25. The summed E-state index contributed by atoms with van der Waals surface area (Å²) in [7, 11) is 0. The van der Waals surface area contributed by atoms with Gasteiger partial charge in [-0.15, -0.1) is 0 Å². The number of hydrogen-bond donors (Lipinski definition) is 4. The van der Waals surface area contributed by atoms with Crippen LogP contribution in [0.3, 0.4) is 0 Å². The average molecular weight is 806 g/mol. The van der Waals surface area contributed by atoms with Crippen molar-refractivity contribution in [3.63, 3.8) is 0 Å². The highest BCUT2D eigenvalue weighted by atomic mass is 19.3. The highest BCUT2D eigenvalue weighted by molar-refractivity contribution is 6.04. The molecule has 2 aromatic heterocycles. The quantitative estimate of drug-likeness (QED) is 0.125.